The molecule has 27 heavy (non-hydrogen) atoms. The Morgan fingerprint density at radius 2 is 1.96 bits per heavy atom. The molecule has 0 bridgehead atoms. The topological polar surface area (TPSA) is 58.6 Å². The maximum atomic E-state index is 12.5. The summed E-state index contributed by atoms with van der Waals surface area (Å²) in [6.07, 6.45) is 6.48. The van der Waals surface area contributed by atoms with Crippen LogP contribution in [0.2, 0.25) is 0 Å². The predicted octanol–water partition coefficient (Wildman–Crippen LogP) is 2.54. The second kappa shape index (κ2) is 8.01. The highest BCUT2D eigenvalue weighted by atomic mass is 16.5. The quantitative estimate of drug-likeness (QED) is 0.783. The van der Waals surface area contributed by atoms with Gasteiger partial charge in [-0.05, 0) is 55.9 Å². The summed E-state index contributed by atoms with van der Waals surface area (Å²) >= 11 is 0. The molecule has 2 saturated heterocycles. The Balaban J connectivity index is 1.17. The first kappa shape index (κ1) is 18.5. The maximum absolute atomic E-state index is 12.5. The number of hydrogen-bond acceptors (Lipinski definition) is 3. The first-order chi connectivity index (χ1) is 13.2. The molecule has 1 aliphatic carbocycles. The number of piperidine rings is 1. The van der Waals surface area contributed by atoms with Crippen LogP contribution in [-0.4, -0.2) is 49.1 Å². The molecule has 0 radical (unpaired) electrons. The number of rotatable bonds is 6. The number of carbonyl (C=O) groups excluding carboxylic acids is 2. The van der Waals surface area contributed by atoms with Crippen LogP contribution in [0.25, 0.3) is 0 Å². The Bertz CT molecular complexity index is 661. The van der Waals surface area contributed by atoms with Gasteiger partial charge in [0, 0.05) is 32.2 Å². The molecule has 0 aromatic heterocycles. The molecule has 1 N–H and O–H groups in total. The molecule has 2 heterocycles. The molecule has 1 aromatic carbocycles. The van der Waals surface area contributed by atoms with Crippen molar-refractivity contribution in [2.24, 2.45) is 11.3 Å². The molecule has 3 fully saturated rings. The van der Waals surface area contributed by atoms with Crippen molar-refractivity contribution in [3.8, 4) is 0 Å². The molecule has 5 heteroatoms. The number of hydrogen-bond donors (Lipinski definition) is 1. The lowest BCUT2D eigenvalue weighted by Crippen LogP contribution is -2.45. The predicted molar refractivity (Wildman–Crippen MR) is 103 cm³/mol. The van der Waals surface area contributed by atoms with E-state index in [0.29, 0.717) is 6.61 Å². The van der Waals surface area contributed by atoms with Crippen molar-refractivity contribution in [3.05, 3.63) is 35.9 Å². The molecular weight excluding hydrogens is 340 g/mol. The van der Waals surface area contributed by atoms with Gasteiger partial charge in [0.05, 0.1) is 0 Å². The van der Waals surface area contributed by atoms with Crippen molar-refractivity contribution in [1.82, 2.24) is 10.2 Å². The normalized spacial score (nSPS) is 26.1. The molecule has 5 nitrogen and oxygen atoms in total. The average Bonchev–Trinajstić information content (AvgIpc) is 3.14. The van der Waals surface area contributed by atoms with E-state index in [9.17, 15) is 9.59 Å². The zero-order valence-electron chi connectivity index (χ0n) is 16.0. The first-order valence-electron chi connectivity index (χ1n) is 10.4. The Labute approximate surface area is 161 Å². The maximum Gasteiger partial charge on any atom is 0.251 e. The van der Waals surface area contributed by atoms with Crippen LogP contribution in [0.15, 0.2) is 30.3 Å². The van der Waals surface area contributed by atoms with Crippen LogP contribution in [0.4, 0.5) is 0 Å². The molecular formula is C22H30N2O3. The van der Waals surface area contributed by atoms with Crippen LogP contribution in [0.5, 0.6) is 0 Å². The zero-order chi connectivity index (χ0) is 18.7. The second-order valence-electron chi connectivity index (χ2n) is 8.33. The zero-order valence-corrected chi connectivity index (χ0v) is 16.0. The number of ether oxygens (including phenoxy) is 1. The van der Waals surface area contributed by atoms with Gasteiger partial charge in [0.15, 0.2) is 0 Å². The highest BCUT2D eigenvalue weighted by Gasteiger charge is 2.58. The van der Waals surface area contributed by atoms with Gasteiger partial charge in [-0.3, -0.25) is 9.59 Å². The lowest BCUT2D eigenvalue weighted by atomic mass is 9.90. The second-order valence-corrected chi connectivity index (χ2v) is 8.33. The number of nitrogens with zero attached hydrogens (tertiary/aromatic N) is 1. The summed E-state index contributed by atoms with van der Waals surface area (Å²) < 4.78 is 5.53. The summed E-state index contributed by atoms with van der Waals surface area (Å²) in [6, 6.07) is 10.4. The van der Waals surface area contributed by atoms with Gasteiger partial charge in [-0.1, -0.05) is 30.3 Å². The van der Waals surface area contributed by atoms with Crippen molar-refractivity contribution in [2.45, 2.75) is 51.0 Å². The van der Waals surface area contributed by atoms with Gasteiger partial charge in [0.1, 0.15) is 6.10 Å². The third-order valence-electron chi connectivity index (χ3n) is 6.57. The van der Waals surface area contributed by atoms with Gasteiger partial charge < -0.3 is 15.0 Å². The van der Waals surface area contributed by atoms with Crippen LogP contribution in [0.3, 0.4) is 0 Å². The molecule has 4 rings (SSSR count). The van der Waals surface area contributed by atoms with E-state index in [2.05, 4.69) is 29.6 Å². The van der Waals surface area contributed by atoms with E-state index in [4.69, 9.17) is 4.74 Å². The molecule has 1 aromatic rings. The molecule has 0 unspecified atom stereocenters. The largest absolute Gasteiger partial charge is 0.368 e. The van der Waals surface area contributed by atoms with Gasteiger partial charge >= 0.3 is 0 Å². The van der Waals surface area contributed by atoms with E-state index < -0.39 is 0 Å². The summed E-state index contributed by atoms with van der Waals surface area (Å²) in [5.74, 6) is 0.515. The SMILES string of the molecule is O=C(NCCCc1ccccc1)[C@H]1CC12CCN(C(=O)[C@@H]1CCCO1)CC2. The molecule has 2 atom stereocenters. The fraction of sp³-hybridized carbons (Fsp3) is 0.636. The number of likely N-dealkylation sites (tertiary alicyclic amines) is 1. The van der Waals surface area contributed by atoms with Gasteiger partial charge in [-0.25, -0.2) is 0 Å². The molecule has 2 aliphatic heterocycles. The lowest BCUT2D eigenvalue weighted by Gasteiger charge is -2.34. The van der Waals surface area contributed by atoms with E-state index in [1.807, 2.05) is 11.0 Å². The van der Waals surface area contributed by atoms with Crippen LogP contribution in [-0.2, 0) is 20.7 Å². The summed E-state index contributed by atoms with van der Waals surface area (Å²) in [5.41, 5.74) is 1.47. The molecule has 1 spiro atoms. The van der Waals surface area contributed by atoms with E-state index in [1.165, 1.54) is 5.56 Å². The minimum atomic E-state index is -0.220. The van der Waals surface area contributed by atoms with Crippen molar-refractivity contribution in [1.29, 1.82) is 0 Å². The van der Waals surface area contributed by atoms with Crippen LogP contribution < -0.4 is 5.32 Å². The fourth-order valence-corrected chi connectivity index (χ4v) is 4.69. The van der Waals surface area contributed by atoms with Gasteiger partial charge in [-0.15, -0.1) is 0 Å². The third-order valence-corrected chi connectivity index (χ3v) is 6.57. The number of amides is 2. The lowest BCUT2D eigenvalue weighted by molar-refractivity contribution is -0.142. The monoisotopic (exact) mass is 370 g/mol. The summed E-state index contributed by atoms with van der Waals surface area (Å²) in [6.45, 7) is 3.00. The minimum Gasteiger partial charge on any atom is -0.368 e. The third kappa shape index (κ3) is 4.18. The number of carbonyl (C=O) groups is 2. The summed E-state index contributed by atoms with van der Waals surface area (Å²) in [5, 5.41) is 3.13. The highest BCUT2D eigenvalue weighted by molar-refractivity contribution is 5.83. The van der Waals surface area contributed by atoms with Crippen molar-refractivity contribution in [2.75, 3.05) is 26.2 Å². The Morgan fingerprint density at radius 1 is 1.19 bits per heavy atom. The van der Waals surface area contributed by atoms with Crippen LogP contribution in [0, 0.1) is 11.3 Å². The summed E-state index contributed by atoms with van der Waals surface area (Å²) in [7, 11) is 0. The molecule has 3 aliphatic rings. The average molecular weight is 370 g/mol. The smallest absolute Gasteiger partial charge is 0.251 e. The Hall–Kier alpha value is -1.88. The van der Waals surface area contributed by atoms with Gasteiger partial charge in [0.25, 0.3) is 5.91 Å². The van der Waals surface area contributed by atoms with Crippen molar-refractivity contribution >= 4 is 11.8 Å². The van der Waals surface area contributed by atoms with Crippen LogP contribution in [0.1, 0.15) is 44.1 Å². The number of benzene rings is 1. The van der Waals surface area contributed by atoms with Gasteiger partial charge in [-0.2, -0.15) is 0 Å². The van der Waals surface area contributed by atoms with Crippen molar-refractivity contribution < 1.29 is 14.3 Å². The van der Waals surface area contributed by atoms with E-state index in [0.717, 1.165) is 64.6 Å². The number of aryl methyl sites for hydroxylation is 1. The Morgan fingerprint density at radius 3 is 2.67 bits per heavy atom. The number of nitrogens with one attached hydrogen (secondary N) is 1. The molecule has 1 saturated carbocycles. The van der Waals surface area contributed by atoms with Crippen molar-refractivity contribution in [3.63, 3.8) is 0 Å². The minimum absolute atomic E-state index is 0.147. The molecule has 146 valence electrons. The fourth-order valence-electron chi connectivity index (χ4n) is 4.69. The van der Waals surface area contributed by atoms with E-state index in [1.54, 1.807) is 0 Å². The standard InChI is InChI=1S/C22H30N2O3/c25-20(23-12-4-8-17-6-2-1-3-7-17)18-16-22(18)10-13-24(14-11-22)21(26)19-9-5-15-27-19/h1-3,6-7,18-19H,4-5,8-16H2,(H,23,25)/t18-,19+/m1/s1. The van der Waals surface area contributed by atoms with E-state index in [-0.39, 0.29) is 29.3 Å². The first-order valence-corrected chi connectivity index (χ1v) is 10.4. The molecule has 2 amide bonds. The van der Waals surface area contributed by atoms with Gasteiger partial charge in [0.2, 0.25) is 5.91 Å². The summed E-state index contributed by atoms with van der Waals surface area (Å²) in [4.78, 5) is 26.9. The van der Waals surface area contributed by atoms with E-state index >= 15 is 0 Å². The highest BCUT2D eigenvalue weighted by Crippen LogP contribution is 2.59. The van der Waals surface area contributed by atoms with Crippen LogP contribution >= 0.6 is 0 Å². The Kier molecular flexibility index (Phi) is 5.48.